The summed E-state index contributed by atoms with van der Waals surface area (Å²) in [5.74, 6) is 0.994. The molecule has 1 N–H and O–H groups in total. The second kappa shape index (κ2) is 6.60. The molecule has 0 radical (unpaired) electrons. The molecule has 0 saturated carbocycles. The maximum absolute atomic E-state index is 12.2. The van der Waals surface area contributed by atoms with E-state index in [-0.39, 0.29) is 5.91 Å². The number of nitrogens with zero attached hydrogens (tertiary/aromatic N) is 2. The van der Waals surface area contributed by atoms with Crippen molar-refractivity contribution in [3.8, 4) is 0 Å². The van der Waals surface area contributed by atoms with Crippen LogP contribution in [-0.4, -0.2) is 24.0 Å². The van der Waals surface area contributed by atoms with Crippen LogP contribution < -0.4 is 10.2 Å². The molecule has 4 heteroatoms. The van der Waals surface area contributed by atoms with Crippen LogP contribution in [0.5, 0.6) is 0 Å². The van der Waals surface area contributed by atoms with Gasteiger partial charge in [-0.1, -0.05) is 24.3 Å². The highest BCUT2D eigenvalue weighted by atomic mass is 16.1. The highest BCUT2D eigenvalue weighted by Gasteiger charge is 2.13. The van der Waals surface area contributed by atoms with Crippen molar-refractivity contribution in [3.05, 3.63) is 59.3 Å². The molecule has 1 fully saturated rings. The largest absolute Gasteiger partial charge is 0.357 e. The van der Waals surface area contributed by atoms with E-state index in [9.17, 15) is 4.79 Å². The van der Waals surface area contributed by atoms with Crippen LogP contribution in [0.3, 0.4) is 0 Å². The molecule has 0 bridgehead atoms. The Labute approximate surface area is 131 Å². The summed E-state index contributed by atoms with van der Waals surface area (Å²) in [5, 5.41) is 2.95. The monoisotopic (exact) mass is 295 g/mol. The average molecular weight is 295 g/mol. The van der Waals surface area contributed by atoms with Gasteiger partial charge in [-0.2, -0.15) is 0 Å². The van der Waals surface area contributed by atoms with Crippen LogP contribution in [0, 0.1) is 6.92 Å². The van der Waals surface area contributed by atoms with Crippen LogP contribution in [0.1, 0.15) is 34.3 Å². The Bertz CT molecular complexity index is 646. The highest BCUT2D eigenvalue weighted by molar-refractivity contribution is 5.95. The van der Waals surface area contributed by atoms with E-state index >= 15 is 0 Å². The summed E-state index contributed by atoms with van der Waals surface area (Å²) < 4.78 is 0. The van der Waals surface area contributed by atoms with Crippen molar-refractivity contribution in [2.45, 2.75) is 26.3 Å². The lowest BCUT2D eigenvalue weighted by molar-refractivity contribution is 0.0950. The van der Waals surface area contributed by atoms with Crippen molar-refractivity contribution in [3.63, 3.8) is 0 Å². The third-order valence-corrected chi connectivity index (χ3v) is 4.08. The molecule has 1 aliphatic rings. The van der Waals surface area contributed by atoms with Crippen molar-refractivity contribution in [1.82, 2.24) is 10.3 Å². The molecule has 114 valence electrons. The minimum atomic E-state index is -0.0401. The molecule has 2 heterocycles. The Morgan fingerprint density at radius 1 is 1.18 bits per heavy atom. The van der Waals surface area contributed by atoms with Crippen LogP contribution in [0.25, 0.3) is 0 Å². The molecule has 22 heavy (non-hydrogen) atoms. The number of pyridine rings is 1. The van der Waals surface area contributed by atoms with Crippen LogP contribution in [0.2, 0.25) is 0 Å². The van der Waals surface area contributed by atoms with Gasteiger partial charge in [-0.3, -0.25) is 4.79 Å². The topological polar surface area (TPSA) is 45.2 Å². The van der Waals surface area contributed by atoms with Gasteiger partial charge in [0.1, 0.15) is 5.82 Å². The number of hydrogen-bond donors (Lipinski definition) is 1. The van der Waals surface area contributed by atoms with Crippen LogP contribution in [0.4, 0.5) is 5.82 Å². The number of rotatable bonds is 4. The summed E-state index contributed by atoms with van der Waals surface area (Å²) in [7, 11) is 0. The van der Waals surface area contributed by atoms with Gasteiger partial charge in [-0.05, 0) is 43.0 Å². The fraction of sp³-hybridized carbons (Fsp3) is 0.333. The Kier molecular flexibility index (Phi) is 4.37. The molecule has 0 atom stereocenters. The van der Waals surface area contributed by atoms with Crippen molar-refractivity contribution >= 4 is 11.7 Å². The van der Waals surface area contributed by atoms with E-state index in [0.717, 1.165) is 35.6 Å². The van der Waals surface area contributed by atoms with Crippen molar-refractivity contribution in [2.75, 3.05) is 18.0 Å². The van der Waals surface area contributed by atoms with Gasteiger partial charge in [0.05, 0.1) is 0 Å². The number of hydrogen-bond acceptors (Lipinski definition) is 3. The number of aryl methyl sites for hydroxylation is 1. The van der Waals surface area contributed by atoms with Gasteiger partial charge in [0.25, 0.3) is 5.91 Å². The van der Waals surface area contributed by atoms with E-state index in [1.807, 2.05) is 49.5 Å². The fourth-order valence-electron chi connectivity index (χ4n) is 2.76. The third kappa shape index (κ3) is 3.27. The third-order valence-electron chi connectivity index (χ3n) is 4.08. The zero-order valence-corrected chi connectivity index (χ0v) is 12.9. The van der Waals surface area contributed by atoms with E-state index < -0.39 is 0 Å². The van der Waals surface area contributed by atoms with Gasteiger partial charge in [0.15, 0.2) is 0 Å². The molecule has 1 saturated heterocycles. The van der Waals surface area contributed by atoms with Crippen LogP contribution in [-0.2, 0) is 6.54 Å². The van der Waals surface area contributed by atoms with Crippen molar-refractivity contribution in [2.24, 2.45) is 0 Å². The van der Waals surface area contributed by atoms with Crippen molar-refractivity contribution < 1.29 is 4.79 Å². The Balaban J connectivity index is 1.59. The molecule has 0 unspecified atom stereocenters. The van der Waals surface area contributed by atoms with Crippen LogP contribution >= 0.6 is 0 Å². The summed E-state index contributed by atoms with van der Waals surface area (Å²) in [6, 6.07) is 11.7. The van der Waals surface area contributed by atoms with E-state index in [4.69, 9.17) is 0 Å². The zero-order valence-electron chi connectivity index (χ0n) is 12.9. The summed E-state index contributed by atoms with van der Waals surface area (Å²) >= 11 is 0. The van der Waals surface area contributed by atoms with Crippen LogP contribution in [0.15, 0.2) is 42.6 Å². The number of anilines is 1. The molecule has 0 aliphatic carbocycles. The first-order valence-electron chi connectivity index (χ1n) is 7.78. The van der Waals surface area contributed by atoms with E-state index in [0.29, 0.717) is 6.54 Å². The predicted molar refractivity (Wildman–Crippen MR) is 88.0 cm³/mol. The van der Waals surface area contributed by atoms with Gasteiger partial charge in [-0.15, -0.1) is 0 Å². The number of nitrogens with one attached hydrogen (secondary N) is 1. The normalized spacial score (nSPS) is 14.1. The predicted octanol–water partition coefficient (Wildman–Crippen LogP) is 2.92. The van der Waals surface area contributed by atoms with Gasteiger partial charge in [-0.25, -0.2) is 4.98 Å². The lowest BCUT2D eigenvalue weighted by Crippen LogP contribution is -2.24. The molecule has 1 aromatic heterocycles. The average Bonchev–Trinajstić information content (AvgIpc) is 3.08. The van der Waals surface area contributed by atoms with E-state index in [2.05, 4.69) is 15.2 Å². The number of carbonyl (C=O) groups excluding carboxylic acids is 1. The first-order valence-corrected chi connectivity index (χ1v) is 7.78. The molecule has 1 amide bonds. The molecular formula is C18H21N3O. The molecule has 2 aromatic rings. The molecule has 1 aliphatic heterocycles. The minimum Gasteiger partial charge on any atom is -0.357 e. The molecular weight excluding hydrogens is 274 g/mol. The maximum atomic E-state index is 12.2. The Hall–Kier alpha value is -2.36. The smallest absolute Gasteiger partial charge is 0.251 e. The minimum absolute atomic E-state index is 0.0401. The summed E-state index contributed by atoms with van der Waals surface area (Å²) in [6.45, 7) is 4.63. The lowest BCUT2D eigenvalue weighted by atomic mass is 10.1. The van der Waals surface area contributed by atoms with Gasteiger partial charge >= 0.3 is 0 Å². The second-order valence-electron chi connectivity index (χ2n) is 5.72. The molecule has 1 aromatic carbocycles. The van der Waals surface area contributed by atoms with Gasteiger partial charge < -0.3 is 10.2 Å². The maximum Gasteiger partial charge on any atom is 0.251 e. The summed E-state index contributed by atoms with van der Waals surface area (Å²) in [6.07, 6.45) is 4.34. The summed E-state index contributed by atoms with van der Waals surface area (Å²) in [4.78, 5) is 19.0. The quantitative estimate of drug-likeness (QED) is 0.943. The number of carbonyl (C=O) groups is 1. The van der Waals surface area contributed by atoms with Gasteiger partial charge in [0.2, 0.25) is 0 Å². The number of aromatic nitrogens is 1. The molecule has 3 rings (SSSR count). The lowest BCUT2D eigenvalue weighted by Gasteiger charge is -2.16. The molecule has 0 spiro atoms. The Morgan fingerprint density at radius 3 is 2.64 bits per heavy atom. The first-order chi connectivity index (χ1) is 10.7. The Morgan fingerprint density at radius 2 is 1.95 bits per heavy atom. The zero-order chi connectivity index (χ0) is 15.4. The van der Waals surface area contributed by atoms with E-state index in [1.165, 1.54) is 12.8 Å². The fourth-order valence-corrected chi connectivity index (χ4v) is 2.76. The second-order valence-corrected chi connectivity index (χ2v) is 5.72. The SMILES string of the molecule is Cc1ccccc1C(=O)NCc1ccc(N2CCCC2)nc1. The van der Waals surface area contributed by atoms with Crippen molar-refractivity contribution in [1.29, 1.82) is 0 Å². The first kappa shape index (κ1) is 14.6. The standard InChI is InChI=1S/C18H21N3O/c1-14-6-2-3-7-16(14)18(22)20-13-15-8-9-17(19-12-15)21-10-4-5-11-21/h2-3,6-9,12H,4-5,10-11,13H2,1H3,(H,20,22). The summed E-state index contributed by atoms with van der Waals surface area (Å²) in [5.41, 5.74) is 2.73. The number of amides is 1. The van der Waals surface area contributed by atoms with E-state index in [1.54, 1.807) is 0 Å². The molecule has 4 nitrogen and oxygen atoms in total. The van der Waals surface area contributed by atoms with Gasteiger partial charge in [0, 0.05) is 31.4 Å². The number of benzene rings is 1. The highest BCUT2D eigenvalue weighted by Crippen LogP contribution is 2.17.